The summed E-state index contributed by atoms with van der Waals surface area (Å²) in [5, 5.41) is 6.59. The second-order valence-electron chi connectivity index (χ2n) is 10.4. The van der Waals surface area contributed by atoms with E-state index in [-0.39, 0.29) is 5.91 Å². The average molecular weight is 563 g/mol. The van der Waals surface area contributed by atoms with Gasteiger partial charge in [-0.05, 0) is 47.5 Å². The number of esters is 1. The quantitative estimate of drug-likeness (QED) is 0.0551. The van der Waals surface area contributed by atoms with Gasteiger partial charge in [0.2, 0.25) is 5.91 Å². The highest BCUT2D eigenvalue weighted by atomic mass is 35.5. The third-order valence-electron chi connectivity index (χ3n) is 7.10. The molecule has 0 spiro atoms. The third kappa shape index (κ3) is 11.1. The Morgan fingerprint density at radius 3 is 2.02 bits per heavy atom. The van der Waals surface area contributed by atoms with Crippen LogP contribution in [-0.2, 0) is 4.79 Å². The molecule has 1 N–H and O–H groups in total. The summed E-state index contributed by atoms with van der Waals surface area (Å²) in [6, 6.07) is 17.9. The number of ether oxygens (including phenoxy) is 1. The highest BCUT2D eigenvalue weighted by molar-refractivity contribution is 6.30. The van der Waals surface area contributed by atoms with E-state index in [1.54, 1.807) is 36.5 Å². The van der Waals surface area contributed by atoms with Crippen molar-refractivity contribution in [3.8, 4) is 5.75 Å². The van der Waals surface area contributed by atoms with Gasteiger partial charge in [0.1, 0.15) is 5.75 Å². The molecule has 214 valence electrons. The van der Waals surface area contributed by atoms with Gasteiger partial charge in [-0.25, -0.2) is 10.2 Å². The molecule has 0 aliphatic carbocycles. The highest BCUT2D eigenvalue weighted by Crippen LogP contribution is 2.27. The second-order valence-corrected chi connectivity index (χ2v) is 10.8. The van der Waals surface area contributed by atoms with Gasteiger partial charge >= 0.3 is 5.97 Å². The van der Waals surface area contributed by atoms with Crippen LogP contribution < -0.4 is 10.2 Å². The number of hydrogen-bond acceptors (Lipinski definition) is 4. The van der Waals surface area contributed by atoms with Crippen molar-refractivity contribution in [2.45, 2.75) is 96.8 Å². The molecule has 5 nitrogen and oxygen atoms in total. The highest BCUT2D eigenvalue weighted by Gasteiger charge is 2.13. The molecule has 0 fully saturated rings. The van der Waals surface area contributed by atoms with Gasteiger partial charge in [0.05, 0.1) is 11.8 Å². The van der Waals surface area contributed by atoms with E-state index < -0.39 is 5.97 Å². The van der Waals surface area contributed by atoms with Crippen molar-refractivity contribution in [3.63, 3.8) is 0 Å². The zero-order valence-electron chi connectivity index (χ0n) is 23.8. The van der Waals surface area contributed by atoms with E-state index in [4.69, 9.17) is 16.3 Å². The summed E-state index contributed by atoms with van der Waals surface area (Å²) in [7, 11) is 0. The van der Waals surface area contributed by atoms with Gasteiger partial charge in [-0.1, -0.05) is 126 Å². The zero-order valence-corrected chi connectivity index (χ0v) is 24.6. The predicted molar refractivity (Wildman–Crippen MR) is 166 cm³/mol. The first-order valence-electron chi connectivity index (χ1n) is 14.9. The number of nitrogens with one attached hydrogen (secondary N) is 1. The van der Waals surface area contributed by atoms with Crippen molar-refractivity contribution in [1.82, 2.24) is 5.43 Å². The fourth-order valence-electron chi connectivity index (χ4n) is 4.77. The number of nitrogens with zero attached hydrogens (tertiary/aromatic N) is 1. The summed E-state index contributed by atoms with van der Waals surface area (Å²) in [6.07, 6.45) is 18.5. The van der Waals surface area contributed by atoms with Crippen LogP contribution in [0.1, 0.15) is 113 Å². The Labute approximate surface area is 244 Å². The molecule has 0 aliphatic rings. The van der Waals surface area contributed by atoms with Crippen molar-refractivity contribution in [3.05, 3.63) is 76.8 Å². The molecule has 0 aliphatic heterocycles. The van der Waals surface area contributed by atoms with E-state index >= 15 is 0 Å². The molecule has 3 aromatic rings. The second kappa shape index (κ2) is 18.2. The first-order valence-corrected chi connectivity index (χ1v) is 15.3. The zero-order chi connectivity index (χ0) is 28.4. The molecule has 0 aromatic heterocycles. The van der Waals surface area contributed by atoms with Crippen molar-refractivity contribution in [1.29, 1.82) is 0 Å². The minimum Gasteiger partial charge on any atom is -0.422 e. The first kappa shape index (κ1) is 31.3. The summed E-state index contributed by atoms with van der Waals surface area (Å²) >= 11 is 5.94. The monoisotopic (exact) mass is 562 g/mol. The summed E-state index contributed by atoms with van der Waals surface area (Å²) < 4.78 is 5.70. The summed E-state index contributed by atoms with van der Waals surface area (Å²) in [5.41, 5.74) is 3.65. The smallest absolute Gasteiger partial charge is 0.343 e. The lowest BCUT2D eigenvalue weighted by Crippen LogP contribution is -2.17. The third-order valence-corrected chi connectivity index (χ3v) is 7.36. The SMILES string of the molecule is CCCCCCCCCCCCCCCC(=O)N/N=C/c1c(OC(=O)c2ccc(Cl)cc2)ccc2ccccc12. The Morgan fingerprint density at radius 1 is 0.775 bits per heavy atom. The summed E-state index contributed by atoms with van der Waals surface area (Å²) in [6.45, 7) is 2.26. The number of hydrazone groups is 1. The van der Waals surface area contributed by atoms with Crippen LogP contribution in [0, 0.1) is 0 Å². The van der Waals surface area contributed by atoms with Crippen LogP contribution in [0.25, 0.3) is 10.8 Å². The molecular weight excluding hydrogens is 520 g/mol. The molecule has 0 bridgehead atoms. The van der Waals surface area contributed by atoms with E-state index in [0.29, 0.717) is 28.3 Å². The van der Waals surface area contributed by atoms with Gasteiger partial charge in [-0.2, -0.15) is 5.10 Å². The number of carbonyl (C=O) groups is 2. The van der Waals surface area contributed by atoms with Crippen molar-refractivity contribution < 1.29 is 14.3 Å². The minimum absolute atomic E-state index is 0.112. The predicted octanol–water partition coefficient (Wildman–Crippen LogP) is 9.64. The van der Waals surface area contributed by atoms with E-state index in [2.05, 4.69) is 17.5 Å². The maximum Gasteiger partial charge on any atom is 0.343 e. The molecular formula is C34H43ClN2O3. The maximum absolute atomic E-state index is 12.7. The number of halogens is 1. The van der Waals surface area contributed by atoms with Crippen LogP contribution in [-0.4, -0.2) is 18.1 Å². The van der Waals surface area contributed by atoms with Gasteiger partial charge in [0.25, 0.3) is 0 Å². The number of unbranched alkanes of at least 4 members (excludes halogenated alkanes) is 12. The van der Waals surface area contributed by atoms with E-state index in [0.717, 1.165) is 23.6 Å². The average Bonchev–Trinajstić information content (AvgIpc) is 2.96. The lowest BCUT2D eigenvalue weighted by molar-refractivity contribution is -0.121. The summed E-state index contributed by atoms with van der Waals surface area (Å²) in [5.74, 6) is -0.236. The molecule has 0 heterocycles. The van der Waals surface area contributed by atoms with E-state index in [1.807, 2.05) is 30.3 Å². The minimum atomic E-state index is -0.493. The van der Waals surface area contributed by atoms with Crippen molar-refractivity contribution in [2.24, 2.45) is 5.10 Å². The number of carbonyl (C=O) groups excluding carboxylic acids is 2. The molecule has 0 atom stereocenters. The molecule has 0 unspecified atom stereocenters. The Balaban J connectivity index is 1.41. The molecule has 0 saturated heterocycles. The van der Waals surface area contributed by atoms with E-state index in [9.17, 15) is 9.59 Å². The fraction of sp³-hybridized carbons (Fsp3) is 0.441. The molecule has 1 amide bonds. The van der Waals surface area contributed by atoms with Gasteiger partial charge in [0.15, 0.2) is 0 Å². The van der Waals surface area contributed by atoms with Crippen LogP contribution >= 0.6 is 11.6 Å². The fourth-order valence-corrected chi connectivity index (χ4v) is 4.90. The van der Waals surface area contributed by atoms with Crippen molar-refractivity contribution >= 4 is 40.5 Å². The first-order chi connectivity index (χ1) is 19.6. The largest absolute Gasteiger partial charge is 0.422 e. The molecule has 6 heteroatoms. The molecule has 3 rings (SSSR count). The topological polar surface area (TPSA) is 67.8 Å². The van der Waals surface area contributed by atoms with Gasteiger partial charge < -0.3 is 4.74 Å². The number of amides is 1. The Bertz CT molecular complexity index is 1220. The van der Waals surface area contributed by atoms with Gasteiger partial charge in [0, 0.05) is 17.0 Å². The molecule has 3 aromatic carbocycles. The number of fused-ring (bicyclic) bond motifs is 1. The van der Waals surface area contributed by atoms with Crippen LogP contribution in [0.15, 0.2) is 65.8 Å². The molecule has 0 saturated carbocycles. The number of benzene rings is 3. The van der Waals surface area contributed by atoms with Gasteiger partial charge in [-0.3, -0.25) is 4.79 Å². The number of rotatable bonds is 18. The van der Waals surface area contributed by atoms with Crippen LogP contribution in [0.4, 0.5) is 0 Å². The van der Waals surface area contributed by atoms with E-state index in [1.165, 1.54) is 70.6 Å². The standard InChI is InChI=1S/C34H43ClN2O3/c1-2-3-4-5-6-7-8-9-10-11-12-13-14-19-33(38)37-36-26-31-30-18-16-15-17-27(30)22-25-32(31)40-34(39)28-20-23-29(35)24-21-28/h15-18,20-26H,2-14,19H2,1H3,(H,37,38)/b36-26+. The Kier molecular flexibility index (Phi) is 14.3. The van der Waals surface area contributed by atoms with Crippen LogP contribution in [0.3, 0.4) is 0 Å². The van der Waals surface area contributed by atoms with Gasteiger partial charge in [-0.15, -0.1) is 0 Å². The lowest BCUT2D eigenvalue weighted by Gasteiger charge is -2.10. The number of hydrogen-bond donors (Lipinski definition) is 1. The molecule has 40 heavy (non-hydrogen) atoms. The maximum atomic E-state index is 12.7. The van der Waals surface area contributed by atoms with Crippen molar-refractivity contribution in [2.75, 3.05) is 0 Å². The van der Waals surface area contributed by atoms with Crippen LogP contribution in [0.5, 0.6) is 5.75 Å². The summed E-state index contributed by atoms with van der Waals surface area (Å²) in [4.78, 5) is 25.1. The lowest BCUT2D eigenvalue weighted by atomic mass is 10.0. The Hall–Kier alpha value is -3.18. The van der Waals surface area contributed by atoms with Crippen LogP contribution in [0.2, 0.25) is 5.02 Å². The normalized spacial score (nSPS) is 11.2. The molecule has 0 radical (unpaired) electrons. The Morgan fingerprint density at radius 2 is 1.38 bits per heavy atom.